The SMILES string of the molecule is COc1ccc(-c2nc(C(=O)OCc3ccc(F)cc3Cl)cs2)cc1OC. The van der Waals surface area contributed by atoms with Crippen LogP contribution in [0.2, 0.25) is 5.02 Å². The highest BCUT2D eigenvalue weighted by Gasteiger charge is 2.15. The summed E-state index contributed by atoms with van der Waals surface area (Å²) in [5.74, 6) is 0.140. The van der Waals surface area contributed by atoms with Crippen molar-refractivity contribution in [3.8, 4) is 22.1 Å². The number of halogens is 2. The summed E-state index contributed by atoms with van der Waals surface area (Å²) in [4.78, 5) is 16.5. The highest BCUT2D eigenvalue weighted by Crippen LogP contribution is 2.33. The fourth-order valence-corrected chi connectivity index (χ4v) is 3.33. The Morgan fingerprint density at radius 1 is 1.15 bits per heavy atom. The number of methoxy groups -OCH3 is 2. The smallest absolute Gasteiger partial charge is 0.358 e. The van der Waals surface area contributed by atoms with Crippen LogP contribution in [0.3, 0.4) is 0 Å². The van der Waals surface area contributed by atoms with Gasteiger partial charge in [0.1, 0.15) is 17.4 Å². The van der Waals surface area contributed by atoms with E-state index >= 15 is 0 Å². The molecule has 5 nitrogen and oxygen atoms in total. The average Bonchev–Trinajstić information content (AvgIpc) is 3.16. The molecule has 0 spiro atoms. The van der Waals surface area contributed by atoms with Gasteiger partial charge < -0.3 is 14.2 Å². The maximum Gasteiger partial charge on any atom is 0.358 e. The highest BCUT2D eigenvalue weighted by molar-refractivity contribution is 7.13. The zero-order chi connectivity index (χ0) is 19.4. The number of hydrogen-bond acceptors (Lipinski definition) is 6. The second-order valence-electron chi connectivity index (χ2n) is 5.42. The van der Waals surface area contributed by atoms with Gasteiger partial charge >= 0.3 is 5.97 Å². The second kappa shape index (κ2) is 8.37. The summed E-state index contributed by atoms with van der Waals surface area (Å²) in [6.45, 7) is -0.0683. The van der Waals surface area contributed by atoms with Crippen molar-refractivity contribution in [1.82, 2.24) is 4.98 Å². The predicted molar refractivity (Wildman–Crippen MR) is 101 cm³/mol. The third-order valence-electron chi connectivity index (χ3n) is 3.72. The molecule has 0 saturated carbocycles. The first-order valence-corrected chi connectivity index (χ1v) is 9.06. The Labute approximate surface area is 164 Å². The lowest BCUT2D eigenvalue weighted by atomic mass is 10.2. The van der Waals surface area contributed by atoms with Gasteiger partial charge in [-0.1, -0.05) is 17.7 Å². The van der Waals surface area contributed by atoms with Gasteiger partial charge in [-0.3, -0.25) is 0 Å². The van der Waals surface area contributed by atoms with Gasteiger partial charge in [0.25, 0.3) is 0 Å². The van der Waals surface area contributed by atoms with E-state index in [4.69, 9.17) is 25.8 Å². The molecule has 0 saturated heterocycles. The van der Waals surface area contributed by atoms with Crippen LogP contribution in [0, 0.1) is 5.82 Å². The molecule has 140 valence electrons. The number of thiazole rings is 1. The summed E-state index contributed by atoms with van der Waals surface area (Å²) in [5.41, 5.74) is 1.49. The lowest BCUT2D eigenvalue weighted by Gasteiger charge is -2.08. The van der Waals surface area contributed by atoms with E-state index in [9.17, 15) is 9.18 Å². The van der Waals surface area contributed by atoms with Crippen LogP contribution >= 0.6 is 22.9 Å². The van der Waals surface area contributed by atoms with E-state index < -0.39 is 11.8 Å². The molecule has 0 aliphatic rings. The van der Waals surface area contributed by atoms with Crippen molar-refractivity contribution in [2.45, 2.75) is 6.61 Å². The van der Waals surface area contributed by atoms with Crippen LogP contribution in [0.15, 0.2) is 41.8 Å². The number of esters is 1. The number of carbonyl (C=O) groups is 1. The summed E-state index contributed by atoms with van der Waals surface area (Å²) in [5, 5.41) is 2.45. The van der Waals surface area contributed by atoms with Crippen LogP contribution in [0.1, 0.15) is 16.1 Å². The van der Waals surface area contributed by atoms with Crippen LogP contribution in [0.4, 0.5) is 4.39 Å². The summed E-state index contributed by atoms with van der Waals surface area (Å²) in [7, 11) is 3.11. The van der Waals surface area contributed by atoms with Gasteiger partial charge in [0.15, 0.2) is 17.2 Å². The number of benzene rings is 2. The third-order valence-corrected chi connectivity index (χ3v) is 4.96. The van der Waals surface area contributed by atoms with Gasteiger partial charge in [-0.25, -0.2) is 14.2 Å². The van der Waals surface area contributed by atoms with Gasteiger partial charge in [0.05, 0.1) is 19.2 Å². The number of rotatable bonds is 6. The van der Waals surface area contributed by atoms with Gasteiger partial charge in [-0.05, 0) is 30.3 Å². The molecular weight excluding hydrogens is 393 g/mol. The molecule has 0 radical (unpaired) electrons. The molecule has 3 rings (SSSR count). The van der Waals surface area contributed by atoms with Crippen LogP contribution in [-0.2, 0) is 11.3 Å². The van der Waals surface area contributed by atoms with E-state index in [-0.39, 0.29) is 17.3 Å². The molecule has 27 heavy (non-hydrogen) atoms. The fraction of sp³-hybridized carbons (Fsp3) is 0.158. The lowest BCUT2D eigenvalue weighted by molar-refractivity contribution is 0.0467. The first-order valence-electron chi connectivity index (χ1n) is 7.80. The molecule has 1 heterocycles. The van der Waals surface area contributed by atoms with Crippen LogP contribution < -0.4 is 9.47 Å². The molecule has 0 aliphatic carbocycles. The van der Waals surface area contributed by atoms with Crippen molar-refractivity contribution in [3.63, 3.8) is 0 Å². The normalized spacial score (nSPS) is 10.5. The predicted octanol–water partition coefficient (Wildman–Crippen LogP) is 4.98. The van der Waals surface area contributed by atoms with Gasteiger partial charge in [-0.2, -0.15) is 0 Å². The van der Waals surface area contributed by atoms with Crippen molar-refractivity contribution in [3.05, 3.63) is 63.9 Å². The number of ether oxygens (including phenoxy) is 3. The number of hydrogen-bond donors (Lipinski definition) is 0. The van der Waals surface area contributed by atoms with Gasteiger partial charge in [0, 0.05) is 16.5 Å². The topological polar surface area (TPSA) is 57.7 Å². The first kappa shape index (κ1) is 19.1. The highest BCUT2D eigenvalue weighted by atomic mass is 35.5. The Balaban J connectivity index is 1.72. The van der Waals surface area contributed by atoms with Crippen molar-refractivity contribution in [2.75, 3.05) is 14.2 Å². The number of aromatic nitrogens is 1. The molecule has 0 fully saturated rings. The Hall–Kier alpha value is -2.64. The Bertz CT molecular complexity index is 976. The molecule has 1 aromatic heterocycles. The fourth-order valence-electron chi connectivity index (χ4n) is 2.33. The van der Waals surface area contributed by atoms with E-state index in [1.54, 1.807) is 31.7 Å². The molecule has 0 bridgehead atoms. The molecule has 0 N–H and O–H groups in total. The van der Waals surface area contributed by atoms with Crippen LogP contribution in [0.5, 0.6) is 11.5 Å². The average molecular weight is 408 g/mol. The minimum absolute atomic E-state index is 0.0683. The number of nitrogens with zero attached hydrogens (tertiary/aromatic N) is 1. The van der Waals surface area contributed by atoms with Gasteiger partial charge in [0.2, 0.25) is 0 Å². The molecule has 0 atom stereocenters. The van der Waals surface area contributed by atoms with Gasteiger partial charge in [-0.15, -0.1) is 11.3 Å². The Kier molecular flexibility index (Phi) is 5.93. The Morgan fingerprint density at radius 3 is 2.63 bits per heavy atom. The lowest BCUT2D eigenvalue weighted by Crippen LogP contribution is -2.06. The van der Waals surface area contributed by atoms with E-state index in [2.05, 4.69) is 4.98 Å². The minimum atomic E-state index is -0.585. The molecule has 0 unspecified atom stereocenters. The summed E-state index contributed by atoms with van der Waals surface area (Å²) in [6, 6.07) is 9.28. The largest absolute Gasteiger partial charge is 0.493 e. The summed E-state index contributed by atoms with van der Waals surface area (Å²) in [6.07, 6.45) is 0. The standard InChI is InChI=1S/C19H15ClFNO4S/c1-24-16-6-4-11(7-17(16)25-2)18-22-15(10-27-18)19(23)26-9-12-3-5-13(21)8-14(12)20/h3-8,10H,9H2,1-2H3. The second-order valence-corrected chi connectivity index (χ2v) is 6.68. The molecule has 2 aromatic carbocycles. The first-order chi connectivity index (χ1) is 13.0. The Morgan fingerprint density at radius 2 is 1.93 bits per heavy atom. The van der Waals surface area contributed by atoms with E-state index in [0.717, 1.165) is 5.56 Å². The van der Waals surface area contributed by atoms with Crippen molar-refractivity contribution in [1.29, 1.82) is 0 Å². The number of carbonyl (C=O) groups excluding carboxylic acids is 1. The molecule has 8 heteroatoms. The van der Waals surface area contributed by atoms with Crippen molar-refractivity contribution >= 4 is 28.9 Å². The minimum Gasteiger partial charge on any atom is -0.493 e. The maximum atomic E-state index is 13.1. The monoisotopic (exact) mass is 407 g/mol. The molecule has 3 aromatic rings. The zero-order valence-corrected chi connectivity index (χ0v) is 16.1. The van der Waals surface area contributed by atoms with Crippen LogP contribution in [-0.4, -0.2) is 25.2 Å². The summed E-state index contributed by atoms with van der Waals surface area (Å²) >= 11 is 7.24. The molecular formula is C19H15ClFNO4S. The zero-order valence-electron chi connectivity index (χ0n) is 14.5. The quantitative estimate of drug-likeness (QED) is 0.539. The molecule has 0 amide bonds. The van der Waals surface area contributed by atoms with E-state index in [1.165, 1.54) is 29.5 Å². The van der Waals surface area contributed by atoms with Crippen molar-refractivity contribution in [2.24, 2.45) is 0 Å². The van der Waals surface area contributed by atoms with E-state index in [1.807, 2.05) is 6.07 Å². The third kappa shape index (κ3) is 4.37. The van der Waals surface area contributed by atoms with Crippen molar-refractivity contribution < 1.29 is 23.4 Å². The maximum absolute atomic E-state index is 13.1. The van der Waals surface area contributed by atoms with Crippen LogP contribution in [0.25, 0.3) is 10.6 Å². The molecule has 0 aliphatic heterocycles. The van der Waals surface area contributed by atoms with E-state index in [0.29, 0.717) is 22.1 Å². The summed E-state index contributed by atoms with van der Waals surface area (Å²) < 4.78 is 28.8.